The molecule has 0 atom stereocenters. The van der Waals surface area contributed by atoms with Gasteiger partial charge in [-0.15, -0.1) is 0 Å². The second-order valence-corrected chi connectivity index (χ2v) is 10.5. The Kier molecular flexibility index (Phi) is 7.93. The number of halogens is 1. The van der Waals surface area contributed by atoms with Crippen molar-refractivity contribution in [2.45, 2.75) is 79.1 Å². The van der Waals surface area contributed by atoms with Crippen LogP contribution in [0.2, 0.25) is 0 Å². The van der Waals surface area contributed by atoms with Crippen LogP contribution in [0.3, 0.4) is 0 Å². The molecule has 1 heterocycles. The van der Waals surface area contributed by atoms with Crippen LogP contribution in [-0.2, 0) is 0 Å². The van der Waals surface area contributed by atoms with Gasteiger partial charge in [-0.05, 0) is 35.8 Å². The number of rotatable bonds is 6. The third-order valence-corrected chi connectivity index (χ3v) is 6.80. The van der Waals surface area contributed by atoms with E-state index in [1.54, 1.807) is 0 Å². The number of hydrogen-bond donors (Lipinski definition) is 0. The zero-order valence-electron chi connectivity index (χ0n) is 21.9. The molecule has 0 aliphatic rings. The van der Waals surface area contributed by atoms with Crippen LogP contribution in [0, 0.1) is 0 Å². The summed E-state index contributed by atoms with van der Waals surface area (Å²) in [4.78, 5) is 0. The van der Waals surface area contributed by atoms with Gasteiger partial charge < -0.3 is 12.4 Å². The summed E-state index contributed by atoms with van der Waals surface area (Å²) < 4.78 is 4.89. The summed E-state index contributed by atoms with van der Waals surface area (Å²) >= 11 is 0. The van der Waals surface area contributed by atoms with Crippen molar-refractivity contribution >= 4 is 11.0 Å². The zero-order valence-corrected chi connectivity index (χ0v) is 22.7. The summed E-state index contributed by atoms with van der Waals surface area (Å²) in [6.07, 6.45) is 2.34. The summed E-state index contributed by atoms with van der Waals surface area (Å²) in [7, 11) is 0. The predicted molar refractivity (Wildman–Crippen MR) is 141 cm³/mol. The maximum Gasteiger partial charge on any atom is 0.255 e. The van der Waals surface area contributed by atoms with E-state index in [1.807, 2.05) is 0 Å². The van der Waals surface area contributed by atoms with Crippen molar-refractivity contribution in [3.8, 4) is 11.4 Å². The van der Waals surface area contributed by atoms with Crippen molar-refractivity contribution in [3.05, 3.63) is 89.2 Å². The van der Waals surface area contributed by atoms with Gasteiger partial charge in [0.25, 0.3) is 6.33 Å². The van der Waals surface area contributed by atoms with Gasteiger partial charge in [0, 0.05) is 22.3 Å². The molecule has 4 rings (SSSR count). The maximum absolute atomic E-state index is 2.45. The molecule has 0 saturated carbocycles. The quantitative estimate of drug-likeness (QED) is 0.330. The lowest BCUT2D eigenvalue weighted by Gasteiger charge is -2.17. The van der Waals surface area contributed by atoms with E-state index in [4.69, 9.17) is 0 Å². The highest BCUT2D eigenvalue weighted by atomic mass is 35.5. The standard InChI is InChI=1S/C31H39N2.ClH/c1-20(2)24-13-11-14-25(21(3)4)30(24)32-19-33(29-18-10-9-17-28(29)32)31-26(22(5)6)15-12-16-27(31)23(7)8;/h9-23H,1-8H3;1H/q+1;/p-1. The summed E-state index contributed by atoms with van der Waals surface area (Å²) in [6, 6.07) is 22.5. The molecule has 0 unspecified atom stereocenters. The number of benzene rings is 3. The molecule has 3 aromatic carbocycles. The first-order chi connectivity index (χ1) is 15.7. The molecular formula is C31H39ClN2. The van der Waals surface area contributed by atoms with E-state index < -0.39 is 0 Å². The first kappa shape index (κ1) is 26.0. The van der Waals surface area contributed by atoms with Crippen LogP contribution in [0.25, 0.3) is 22.4 Å². The lowest BCUT2D eigenvalue weighted by Crippen LogP contribution is -3.00. The van der Waals surface area contributed by atoms with E-state index in [9.17, 15) is 0 Å². The third kappa shape index (κ3) is 4.53. The molecule has 0 amide bonds. The Morgan fingerprint density at radius 1 is 0.559 bits per heavy atom. The normalized spacial score (nSPS) is 11.8. The number of imidazole rings is 1. The molecule has 180 valence electrons. The Bertz CT molecular complexity index is 1130. The molecule has 2 nitrogen and oxygen atoms in total. The van der Waals surface area contributed by atoms with Crippen LogP contribution in [0.1, 0.15) is 101 Å². The van der Waals surface area contributed by atoms with Crippen molar-refractivity contribution in [2.75, 3.05) is 0 Å². The highest BCUT2D eigenvalue weighted by Gasteiger charge is 2.28. The lowest BCUT2D eigenvalue weighted by molar-refractivity contribution is -0.569. The summed E-state index contributed by atoms with van der Waals surface area (Å²) in [5.74, 6) is 1.79. The first-order valence-corrected chi connectivity index (χ1v) is 12.5. The second-order valence-electron chi connectivity index (χ2n) is 10.5. The summed E-state index contributed by atoms with van der Waals surface area (Å²) in [5.41, 5.74) is 10.8. The number of fused-ring (bicyclic) bond motifs is 1. The van der Waals surface area contributed by atoms with Gasteiger partial charge in [-0.3, -0.25) is 0 Å². The molecule has 0 aliphatic heterocycles. The highest BCUT2D eigenvalue weighted by Crippen LogP contribution is 2.34. The smallest absolute Gasteiger partial charge is 0.255 e. The van der Waals surface area contributed by atoms with Gasteiger partial charge >= 0.3 is 0 Å². The molecule has 3 heteroatoms. The maximum atomic E-state index is 2.45. The van der Waals surface area contributed by atoms with Gasteiger partial charge in [-0.1, -0.05) is 104 Å². The Labute approximate surface area is 212 Å². The van der Waals surface area contributed by atoms with Gasteiger partial charge in [0.15, 0.2) is 11.0 Å². The molecule has 0 fully saturated rings. The van der Waals surface area contributed by atoms with Crippen LogP contribution in [0.4, 0.5) is 0 Å². The lowest BCUT2D eigenvalue weighted by atomic mass is 9.92. The molecule has 0 spiro atoms. The predicted octanol–water partition coefficient (Wildman–Crippen LogP) is 5.40. The minimum absolute atomic E-state index is 0. The average molecular weight is 475 g/mol. The minimum Gasteiger partial charge on any atom is -1.00 e. The molecule has 0 saturated heterocycles. The van der Waals surface area contributed by atoms with E-state index in [2.05, 4.69) is 132 Å². The fraction of sp³-hybridized carbons (Fsp3) is 0.387. The van der Waals surface area contributed by atoms with Crippen molar-refractivity contribution in [2.24, 2.45) is 0 Å². The van der Waals surface area contributed by atoms with E-state index >= 15 is 0 Å². The minimum atomic E-state index is 0. The summed E-state index contributed by atoms with van der Waals surface area (Å²) in [6.45, 7) is 18.4. The Morgan fingerprint density at radius 2 is 1.00 bits per heavy atom. The number of hydrogen-bond acceptors (Lipinski definition) is 0. The van der Waals surface area contributed by atoms with Gasteiger partial charge in [-0.2, -0.15) is 9.13 Å². The first-order valence-electron chi connectivity index (χ1n) is 12.5. The van der Waals surface area contributed by atoms with Crippen molar-refractivity contribution in [3.63, 3.8) is 0 Å². The molecule has 1 aromatic heterocycles. The second kappa shape index (κ2) is 10.4. The largest absolute Gasteiger partial charge is 1.00 e. The highest BCUT2D eigenvalue weighted by molar-refractivity contribution is 5.76. The van der Waals surface area contributed by atoms with Crippen molar-refractivity contribution < 1.29 is 17.0 Å². The van der Waals surface area contributed by atoms with Crippen LogP contribution in [-0.4, -0.2) is 4.57 Å². The topological polar surface area (TPSA) is 8.81 Å². The van der Waals surface area contributed by atoms with Gasteiger partial charge in [0.2, 0.25) is 0 Å². The van der Waals surface area contributed by atoms with Gasteiger partial charge in [0.05, 0.1) is 0 Å². The fourth-order valence-corrected chi connectivity index (χ4v) is 5.05. The van der Waals surface area contributed by atoms with Crippen molar-refractivity contribution in [1.82, 2.24) is 4.57 Å². The van der Waals surface area contributed by atoms with E-state index in [1.165, 1.54) is 44.7 Å². The molecule has 0 bridgehead atoms. The molecule has 0 radical (unpaired) electrons. The molecule has 4 aromatic rings. The van der Waals surface area contributed by atoms with Crippen molar-refractivity contribution in [1.29, 1.82) is 0 Å². The molecule has 0 aliphatic carbocycles. The van der Waals surface area contributed by atoms with Gasteiger partial charge in [-0.25, -0.2) is 0 Å². The number of para-hydroxylation sites is 4. The molecule has 0 N–H and O–H groups in total. The molecule has 34 heavy (non-hydrogen) atoms. The van der Waals surface area contributed by atoms with E-state index in [0.717, 1.165) is 0 Å². The van der Waals surface area contributed by atoms with E-state index in [0.29, 0.717) is 23.7 Å². The van der Waals surface area contributed by atoms with Crippen LogP contribution in [0.15, 0.2) is 67.0 Å². The monoisotopic (exact) mass is 474 g/mol. The third-order valence-electron chi connectivity index (χ3n) is 6.80. The Morgan fingerprint density at radius 3 is 1.47 bits per heavy atom. The Balaban J connectivity index is 0.00000324. The zero-order chi connectivity index (χ0) is 23.9. The van der Waals surface area contributed by atoms with Crippen LogP contribution < -0.4 is 17.0 Å². The molecular weight excluding hydrogens is 436 g/mol. The average Bonchev–Trinajstić information content (AvgIpc) is 3.16. The number of nitrogens with zero attached hydrogens (tertiary/aromatic N) is 2. The fourth-order valence-electron chi connectivity index (χ4n) is 5.05. The van der Waals surface area contributed by atoms with Crippen LogP contribution >= 0.6 is 0 Å². The Hall–Kier alpha value is -2.58. The SMILES string of the molecule is CC(C)c1cccc(C(C)C)c1-n1c[n+](-c2c(C(C)C)cccc2C(C)C)c2ccccc21.[Cl-]. The van der Waals surface area contributed by atoms with E-state index in [-0.39, 0.29) is 12.4 Å². The van der Waals surface area contributed by atoms with Crippen LogP contribution in [0.5, 0.6) is 0 Å². The number of aromatic nitrogens is 2. The van der Waals surface area contributed by atoms with Gasteiger partial charge in [0.1, 0.15) is 11.4 Å². The summed E-state index contributed by atoms with van der Waals surface area (Å²) in [5, 5.41) is 0.